The number of hydrogen-bond acceptors (Lipinski definition) is 5. The summed E-state index contributed by atoms with van der Waals surface area (Å²) in [6.07, 6.45) is 2.48. The van der Waals surface area contributed by atoms with Crippen molar-refractivity contribution in [3.63, 3.8) is 0 Å². The van der Waals surface area contributed by atoms with Gasteiger partial charge in [0.2, 0.25) is 5.91 Å². The summed E-state index contributed by atoms with van der Waals surface area (Å²) in [5.74, 6) is -0.349. The molecule has 1 saturated heterocycles. The van der Waals surface area contributed by atoms with Gasteiger partial charge in [0, 0.05) is 11.7 Å². The van der Waals surface area contributed by atoms with E-state index in [0.29, 0.717) is 12.8 Å². The molecule has 1 fully saturated rings. The molecule has 0 radical (unpaired) electrons. The molecule has 0 unspecified atom stereocenters. The van der Waals surface area contributed by atoms with Crippen LogP contribution < -0.4 is 10.6 Å². The van der Waals surface area contributed by atoms with Crippen molar-refractivity contribution in [2.45, 2.75) is 24.7 Å². The average molecular weight is 312 g/mol. The van der Waals surface area contributed by atoms with Gasteiger partial charge in [-0.05, 0) is 44.1 Å². The molecule has 6 nitrogen and oxygen atoms in total. The van der Waals surface area contributed by atoms with Crippen molar-refractivity contribution in [2.75, 3.05) is 24.7 Å². The van der Waals surface area contributed by atoms with E-state index in [-0.39, 0.29) is 22.2 Å². The van der Waals surface area contributed by atoms with Crippen molar-refractivity contribution in [1.29, 1.82) is 0 Å². The third-order valence-electron chi connectivity index (χ3n) is 3.90. The van der Waals surface area contributed by atoms with Gasteiger partial charge in [-0.15, -0.1) is 0 Å². The minimum Gasteiger partial charge on any atom is -0.506 e. The third kappa shape index (κ3) is 3.54. The fraction of sp³-hybridized carbons (Fsp3) is 0.500. The van der Waals surface area contributed by atoms with Crippen molar-refractivity contribution in [3.8, 4) is 5.75 Å². The molecule has 0 atom stereocenters. The van der Waals surface area contributed by atoms with Crippen LogP contribution in [0, 0.1) is 5.41 Å². The van der Waals surface area contributed by atoms with Gasteiger partial charge in [-0.3, -0.25) is 4.79 Å². The molecule has 0 aromatic heterocycles. The van der Waals surface area contributed by atoms with E-state index < -0.39 is 15.3 Å². The standard InChI is InChI=1S/C14H20N2O4S/c1-14(5-7-15-8-6-14)13(18)16-11-9-10(21(2,19)20)3-4-12(11)17/h3-4,9,15,17H,5-8H2,1-2H3,(H,16,18). The van der Waals surface area contributed by atoms with E-state index in [4.69, 9.17) is 0 Å². The van der Waals surface area contributed by atoms with Crippen LogP contribution in [0.2, 0.25) is 0 Å². The minimum absolute atomic E-state index is 0.0612. The highest BCUT2D eigenvalue weighted by molar-refractivity contribution is 7.90. The molecule has 3 N–H and O–H groups in total. The van der Waals surface area contributed by atoms with E-state index in [9.17, 15) is 18.3 Å². The Labute approximate surface area is 124 Å². The SMILES string of the molecule is CC1(C(=O)Nc2cc(S(C)(=O)=O)ccc2O)CCNCC1. The van der Waals surface area contributed by atoms with Crippen LogP contribution in [0.25, 0.3) is 0 Å². The molecule has 1 heterocycles. The summed E-state index contributed by atoms with van der Waals surface area (Å²) in [5.41, 5.74) is -0.388. The molecule has 21 heavy (non-hydrogen) atoms. The maximum absolute atomic E-state index is 12.4. The zero-order valence-electron chi connectivity index (χ0n) is 12.1. The lowest BCUT2D eigenvalue weighted by Crippen LogP contribution is -2.42. The largest absolute Gasteiger partial charge is 0.506 e. The van der Waals surface area contributed by atoms with E-state index >= 15 is 0 Å². The first-order chi connectivity index (χ1) is 9.72. The molecule has 1 amide bonds. The van der Waals surface area contributed by atoms with Crippen molar-refractivity contribution in [2.24, 2.45) is 5.41 Å². The summed E-state index contributed by atoms with van der Waals surface area (Å²) in [5, 5.41) is 15.7. The molecule has 0 aliphatic carbocycles. The predicted molar refractivity (Wildman–Crippen MR) is 80.1 cm³/mol. The highest BCUT2D eigenvalue weighted by Gasteiger charge is 2.34. The normalized spacial score (nSPS) is 18.2. The Bertz CT molecular complexity index is 649. The zero-order valence-corrected chi connectivity index (χ0v) is 13.0. The van der Waals surface area contributed by atoms with Crippen molar-refractivity contribution < 1.29 is 18.3 Å². The summed E-state index contributed by atoms with van der Waals surface area (Å²) in [6.45, 7) is 3.40. The molecule has 1 aromatic carbocycles. The first-order valence-corrected chi connectivity index (χ1v) is 8.67. The third-order valence-corrected chi connectivity index (χ3v) is 5.01. The minimum atomic E-state index is -3.39. The van der Waals surface area contributed by atoms with E-state index in [1.165, 1.54) is 18.2 Å². The lowest BCUT2D eigenvalue weighted by atomic mass is 9.80. The summed E-state index contributed by atoms with van der Waals surface area (Å²) in [6, 6.07) is 3.87. The van der Waals surface area contributed by atoms with Gasteiger partial charge in [-0.1, -0.05) is 6.92 Å². The fourth-order valence-corrected chi connectivity index (χ4v) is 2.97. The van der Waals surface area contributed by atoms with Gasteiger partial charge in [-0.25, -0.2) is 8.42 Å². The molecule has 1 aromatic rings. The Balaban J connectivity index is 2.24. The second-order valence-corrected chi connectivity index (χ2v) is 7.73. The highest BCUT2D eigenvalue weighted by atomic mass is 32.2. The second-order valence-electron chi connectivity index (χ2n) is 5.72. The number of phenolic OH excluding ortho intramolecular Hbond substituents is 1. The van der Waals surface area contributed by atoms with E-state index in [1.54, 1.807) is 0 Å². The summed E-state index contributed by atoms with van der Waals surface area (Å²) < 4.78 is 23.1. The maximum Gasteiger partial charge on any atom is 0.230 e. The Hall–Kier alpha value is -1.60. The van der Waals surface area contributed by atoms with Crippen LogP contribution in [0.5, 0.6) is 5.75 Å². The van der Waals surface area contributed by atoms with Crippen LogP contribution in [0.3, 0.4) is 0 Å². The molecule has 0 saturated carbocycles. The van der Waals surface area contributed by atoms with E-state index in [2.05, 4.69) is 10.6 Å². The first kappa shape index (κ1) is 15.8. The topological polar surface area (TPSA) is 95.5 Å². The number of sulfone groups is 1. The number of piperidine rings is 1. The second kappa shape index (κ2) is 5.65. The van der Waals surface area contributed by atoms with Crippen molar-refractivity contribution in [3.05, 3.63) is 18.2 Å². The van der Waals surface area contributed by atoms with Crippen LogP contribution >= 0.6 is 0 Å². The van der Waals surface area contributed by atoms with E-state index in [1.807, 2.05) is 6.92 Å². The predicted octanol–water partition coefficient (Wildman–Crippen LogP) is 1.12. The van der Waals surface area contributed by atoms with Crippen molar-refractivity contribution >= 4 is 21.4 Å². The first-order valence-electron chi connectivity index (χ1n) is 6.78. The van der Waals surface area contributed by atoms with Crippen LogP contribution in [0.4, 0.5) is 5.69 Å². The van der Waals surface area contributed by atoms with Crippen LogP contribution in [0.1, 0.15) is 19.8 Å². The van der Waals surface area contributed by atoms with Gasteiger partial charge in [0.15, 0.2) is 9.84 Å². The van der Waals surface area contributed by atoms with E-state index in [0.717, 1.165) is 19.3 Å². The summed E-state index contributed by atoms with van der Waals surface area (Å²) in [7, 11) is -3.39. The summed E-state index contributed by atoms with van der Waals surface area (Å²) in [4.78, 5) is 12.5. The molecule has 0 bridgehead atoms. The Morgan fingerprint density at radius 1 is 1.33 bits per heavy atom. The highest BCUT2D eigenvalue weighted by Crippen LogP contribution is 2.32. The monoisotopic (exact) mass is 312 g/mol. The zero-order chi connectivity index (χ0) is 15.7. The lowest BCUT2D eigenvalue weighted by molar-refractivity contribution is -0.126. The number of nitrogens with one attached hydrogen (secondary N) is 2. The van der Waals surface area contributed by atoms with Gasteiger partial charge < -0.3 is 15.7 Å². The molecular formula is C14H20N2O4S. The quantitative estimate of drug-likeness (QED) is 0.727. The van der Waals surface area contributed by atoms with Gasteiger partial charge >= 0.3 is 0 Å². The number of aromatic hydroxyl groups is 1. The molecule has 2 rings (SSSR count). The Morgan fingerprint density at radius 3 is 2.52 bits per heavy atom. The molecule has 1 aliphatic heterocycles. The number of carbonyl (C=O) groups excluding carboxylic acids is 1. The van der Waals surface area contributed by atoms with Crippen LogP contribution in [-0.4, -0.2) is 38.8 Å². The molecule has 0 spiro atoms. The molecule has 116 valence electrons. The Kier molecular flexibility index (Phi) is 4.25. The van der Waals surface area contributed by atoms with Crippen molar-refractivity contribution in [1.82, 2.24) is 5.32 Å². The number of anilines is 1. The number of amides is 1. The number of phenols is 1. The number of hydrogen-bond donors (Lipinski definition) is 3. The van der Waals surface area contributed by atoms with Crippen LogP contribution in [-0.2, 0) is 14.6 Å². The van der Waals surface area contributed by atoms with Gasteiger partial charge in [0.25, 0.3) is 0 Å². The lowest BCUT2D eigenvalue weighted by Gasteiger charge is -2.32. The Morgan fingerprint density at radius 2 is 1.95 bits per heavy atom. The molecule has 7 heteroatoms. The summed E-state index contributed by atoms with van der Waals surface area (Å²) >= 11 is 0. The smallest absolute Gasteiger partial charge is 0.230 e. The van der Waals surface area contributed by atoms with Gasteiger partial charge in [0.05, 0.1) is 10.6 Å². The maximum atomic E-state index is 12.4. The average Bonchev–Trinajstić information content (AvgIpc) is 2.40. The number of rotatable bonds is 3. The van der Waals surface area contributed by atoms with Crippen LogP contribution in [0.15, 0.2) is 23.1 Å². The number of carbonyl (C=O) groups is 1. The van der Waals surface area contributed by atoms with Gasteiger partial charge in [-0.2, -0.15) is 0 Å². The number of benzene rings is 1. The molecule has 1 aliphatic rings. The van der Waals surface area contributed by atoms with Gasteiger partial charge in [0.1, 0.15) is 5.75 Å². The fourth-order valence-electron chi connectivity index (χ4n) is 2.32. The molecular weight excluding hydrogens is 292 g/mol.